The van der Waals surface area contributed by atoms with Crippen LogP contribution in [-0.2, 0) is 16.0 Å². The second kappa shape index (κ2) is 8.73. The van der Waals surface area contributed by atoms with E-state index in [9.17, 15) is 14.7 Å². The number of benzene rings is 1. The Kier molecular flexibility index (Phi) is 6.40. The maximum Gasteiger partial charge on any atom is 0.247 e. The first kappa shape index (κ1) is 18.3. The van der Waals surface area contributed by atoms with Gasteiger partial charge in [-0.25, -0.2) is 5.43 Å². The van der Waals surface area contributed by atoms with Crippen molar-refractivity contribution in [1.29, 1.82) is 0 Å². The van der Waals surface area contributed by atoms with Crippen LogP contribution in [-0.4, -0.2) is 39.9 Å². The number of anilines is 1. The number of hydrogen-bond donors (Lipinski definition) is 3. The number of aromatic nitrogens is 2. The molecule has 0 saturated carbocycles. The van der Waals surface area contributed by atoms with E-state index in [4.69, 9.17) is 4.74 Å². The highest BCUT2D eigenvalue weighted by Crippen LogP contribution is 2.26. The molecule has 1 heterocycles. The second-order valence-corrected chi connectivity index (χ2v) is 5.87. The number of hydrogen-bond acceptors (Lipinski definition) is 8. The number of phenolic OH excluding ortho intramolecular Hbond substituents is 1. The molecule has 132 valence electrons. The number of rotatable bonds is 7. The number of amides is 2. The van der Waals surface area contributed by atoms with E-state index < -0.39 is 0 Å². The third kappa shape index (κ3) is 5.84. The molecule has 0 saturated heterocycles. The van der Waals surface area contributed by atoms with Crippen LogP contribution in [0.25, 0.3) is 0 Å². The number of aromatic hydroxyl groups is 1. The van der Waals surface area contributed by atoms with Crippen molar-refractivity contribution in [2.75, 3.05) is 11.9 Å². The molecule has 25 heavy (non-hydrogen) atoms. The summed E-state index contributed by atoms with van der Waals surface area (Å²) in [4.78, 5) is 22.7. The Morgan fingerprint density at radius 2 is 2.20 bits per heavy atom. The molecular formula is C15H17N5O4S. The van der Waals surface area contributed by atoms with E-state index in [1.54, 1.807) is 12.1 Å². The molecular weight excluding hydrogens is 346 g/mol. The maximum atomic E-state index is 11.8. The van der Waals surface area contributed by atoms with Gasteiger partial charge in [-0.1, -0.05) is 11.3 Å². The van der Waals surface area contributed by atoms with Gasteiger partial charge in [0.25, 0.3) is 0 Å². The van der Waals surface area contributed by atoms with Gasteiger partial charge >= 0.3 is 0 Å². The summed E-state index contributed by atoms with van der Waals surface area (Å²) < 4.78 is 5.22. The number of hydrazone groups is 1. The summed E-state index contributed by atoms with van der Waals surface area (Å²) in [5.41, 5.74) is 2.96. The van der Waals surface area contributed by atoms with Crippen molar-refractivity contribution in [3.63, 3.8) is 0 Å². The van der Waals surface area contributed by atoms with Crippen molar-refractivity contribution in [2.45, 2.75) is 20.3 Å². The number of nitrogens with one attached hydrogen (secondary N) is 2. The summed E-state index contributed by atoms with van der Waals surface area (Å²) in [7, 11) is 0. The van der Waals surface area contributed by atoms with E-state index in [-0.39, 0.29) is 24.0 Å². The first-order chi connectivity index (χ1) is 12.0. The van der Waals surface area contributed by atoms with Gasteiger partial charge in [0.15, 0.2) is 11.5 Å². The zero-order valence-electron chi connectivity index (χ0n) is 13.6. The van der Waals surface area contributed by atoms with Crippen molar-refractivity contribution < 1.29 is 19.4 Å². The molecule has 2 rings (SSSR count). The summed E-state index contributed by atoms with van der Waals surface area (Å²) >= 11 is 1.11. The smallest absolute Gasteiger partial charge is 0.247 e. The molecule has 3 N–H and O–H groups in total. The maximum absolute atomic E-state index is 11.8. The molecule has 0 spiro atoms. The van der Waals surface area contributed by atoms with Crippen LogP contribution in [0.3, 0.4) is 0 Å². The van der Waals surface area contributed by atoms with Gasteiger partial charge in [0, 0.05) is 6.92 Å². The molecule has 0 atom stereocenters. The van der Waals surface area contributed by atoms with Crippen LogP contribution in [0.5, 0.6) is 11.5 Å². The number of nitrogens with zero attached hydrogens (tertiary/aromatic N) is 3. The van der Waals surface area contributed by atoms with E-state index in [2.05, 4.69) is 26.0 Å². The standard InChI is InChI=1S/C15H17N5O4S/c1-3-24-12-5-4-10(6-11(12)22)8-16-18-13(23)7-14-19-20-15(25-14)17-9(2)21/h4-6,8,22H,3,7H2,1-2H3,(H,18,23)(H,17,20,21)/b16-8-. The first-order valence-electron chi connectivity index (χ1n) is 7.35. The number of phenols is 1. The van der Waals surface area contributed by atoms with Gasteiger partial charge in [0.2, 0.25) is 16.9 Å². The predicted molar refractivity (Wildman–Crippen MR) is 92.9 cm³/mol. The number of carbonyl (C=O) groups excluding carboxylic acids is 2. The topological polar surface area (TPSA) is 126 Å². The van der Waals surface area contributed by atoms with Gasteiger partial charge in [-0.15, -0.1) is 10.2 Å². The molecule has 1 aromatic heterocycles. The molecule has 9 nitrogen and oxygen atoms in total. The highest BCUT2D eigenvalue weighted by Gasteiger charge is 2.09. The van der Waals surface area contributed by atoms with Crippen molar-refractivity contribution >= 4 is 34.5 Å². The average Bonchev–Trinajstić information content (AvgIpc) is 2.96. The van der Waals surface area contributed by atoms with Crippen LogP contribution in [0.4, 0.5) is 5.13 Å². The largest absolute Gasteiger partial charge is 0.504 e. The van der Waals surface area contributed by atoms with Crippen LogP contribution in [0, 0.1) is 0 Å². The van der Waals surface area contributed by atoms with E-state index in [1.807, 2.05) is 6.92 Å². The van der Waals surface area contributed by atoms with Gasteiger partial charge in [0.1, 0.15) is 5.01 Å². The summed E-state index contributed by atoms with van der Waals surface area (Å²) in [5, 5.41) is 24.4. The lowest BCUT2D eigenvalue weighted by atomic mass is 10.2. The minimum atomic E-state index is -0.378. The summed E-state index contributed by atoms with van der Waals surface area (Å²) in [6.45, 7) is 3.63. The van der Waals surface area contributed by atoms with Crippen molar-refractivity contribution in [3.05, 3.63) is 28.8 Å². The molecule has 10 heteroatoms. The molecule has 2 amide bonds. The highest BCUT2D eigenvalue weighted by molar-refractivity contribution is 7.15. The van der Waals surface area contributed by atoms with Gasteiger partial charge in [-0.05, 0) is 30.7 Å². The Balaban J connectivity index is 1.87. The summed E-state index contributed by atoms with van der Waals surface area (Å²) in [6, 6.07) is 4.79. The van der Waals surface area contributed by atoms with E-state index in [0.717, 1.165) is 11.3 Å². The normalized spacial score (nSPS) is 10.6. The summed E-state index contributed by atoms with van der Waals surface area (Å²) in [5.74, 6) is -0.251. The molecule has 0 aliphatic heterocycles. The van der Waals surface area contributed by atoms with E-state index in [0.29, 0.717) is 28.1 Å². The zero-order valence-corrected chi connectivity index (χ0v) is 14.5. The average molecular weight is 363 g/mol. The molecule has 0 radical (unpaired) electrons. The number of ether oxygens (including phenoxy) is 1. The SMILES string of the molecule is CCOc1ccc(/C=N\NC(=O)Cc2nnc(NC(C)=O)s2)cc1O. The van der Waals surface area contributed by atoms with E-state index in [1.165, 1.54) is 19.2 Å². The lowest BCUT2D eigenvalue weighted by Crippen LogP contribution is -2.19. The third-order valence-electron chi connectivity index (χ3n) is 2.75. The Morgan fingerprint density at radius 1 is 1.40 bits per heavy atom. The fourth-order valence-electron chi connectivity index (χ4n) is 1.77. The second-order valence-electron chi connectivity index (χ2n) is 4.81. The van der Waals surface area contributed by atoms with Crippen LogP contribution in [0.1, 0.15) is 24.4 Å². The van der Waals surface area contributed by atoms with E-state index >= 15 is 0 Å². The molecule has 1 aromatic carbocycles. The molecule has 2 aromatic rings. The van der Waals surface area contributed by atoms with Gasteiger partial charge in [0.05, 0.1) is 19.2 Å². The summed E-state index contributed by atoms with van der Waals surface area (Å²) in [6.07, 6.45) is 1.39. The van der Waals surface area contributed by atoms with Crippen LogP contribution in [0.15, 0.2) is 23.3 Å². The van der Waals surface area contributed by atoms with Gasteiger partial charge in [-0.3, -0.25) is 9.59 Å². The molecule has 0 fully saturated rings. The minimum absolute atomic E-state index is 0.00325. The fourth-order valence-corrected chi connectivity index (χ4v) is 2.56. The van der Waals surface area contributed by atoms with Gasteiger partial charge in [-0.2, -0.15) is 5.10 Å². The quantitative estimate of drug-likeness (QED) is 0.503. The zero-order chi connectivity index (χ0) is 18.2. The Morgan fingerprint density at radius 3 is 2.88 bits per heavy atom. The Labute approximate surface area is 147 Å². The minimum Gasteiger partial charge on any atom is -0.504 e. The fraction of sp³-hybridized carbons (Fsp3) is 0.267. The molecule has 0 aliphatic rings. The Bertz CT molecular complexity index is 790. The van der Waals surface area contributed by atoms with Crippen molar-refractivity contribution in [2.24, 2.45) is 5.10 Å². The van der Waals surface area contributed by atoms with Gasteiger partial charge < -0.3 is 15.2 Å². The monoisotopic (exact) mass is 363 g/mol. The molecule has 0 bridgehead atoms. The third-order valence-corrected chi connectivity index (χ3v) is 3.59. The molecule has 0 aliphatic carbocycles. The highest BCUT2D eigenvalue weighted by atomic mass is 32.1. The lowest BCUT2D eigenvalue weighted by molar-refractivity contribution is -0.120. The number of carbonyl (C=O) groups is 2. The predicted octanol–water partition coefficient (Wildman–Crippen LogP) is 1.29. The van der Waals surface area contributed by atoms with Crippen molar-refractivity contribution in [1.82, 2.24) is 15.6 Å². The first-order valence-corrected chi connectivity index (χ1v) is 8.17. The Hall–Kier alpha value is -3.01. The lowest BCUT2D eigenvalue weighted by Gasteiger charge is -2.05. The molecule has 0 unspecified atom stereocenters. The van der Waals surface area contributed by atoms with Crippen LogP contribution >= 0.6 is 11.3 Å². The van der Waals surface area contributed by atoms with Crippen LogP contribution in [0.2, 0.25) is 0 Å². The van der Waals surface area contributed by atoms with Crippen LogP contribution < -0.4 is 15.5 Å². The van der Waals surface area contributed by atoms with Crippen molar-refractivity contribution in [3.8, 4) is 11.5 Å².